The summed E-state index contributed by atoms with van der Waals surface area (Å²) in [6, 6.07) is 10.9. The fourth-order valence-electron chi connectivity index (χ4n) is 2.15. The molecule has 0 spiro atoms. The van der Waals surface area contributed by atoms with Gasteiger partial charge in [-0.25, -0.2) is 0 Å². The van der Waals surface area contributed by atoms with Crippen LogP contribution in [0.25, 0.3) is 11.3 Å². The van der Waals surface area contributed by atoms with E-state index in [0.717, 1.165) is 13.0 Å². The van der Waals surface area contributed by atoms with E-state index in [1.165, 1.54) is 16.8 Å². The van der Waals surface area contributed by atoms with Crippen LogP contribution in [0.15, 0.2) is 36.5 Å². The molecule has 1 heterocycles. The summed E-state index contributed by atoms with van der Waals surface area (Å²) in [5, 5.41) is 7.73. The van der Waals surface area contributed by atoms with Crippen LogP contribution < -0.4 is 5.32 Å². The Balaban J connectivity index is 2.44. The van der Waals surface area contributed by atoms with Gasteiger partial charge >= 0.3 is 0 Å². The highest BCUT2D eigenvalue weighted by Gasteiger charge is 2.14. The van der Waals surface area contributed by atoms with Gasteiger partial charge in [0.15, 0.2) is 0 Å². The highest BCUT2D eigenvalue weighted by molar-refractivity contribution is 5.63. The first kappa shape index (κ1) is 12.8. The minimum Gasteiger partial charge on any atom is -0.319 e. The third-order valence-electron chi connectivity index (χ3n) is 3.05. The van der Waals surface area contributed by atoms with Crippen molar-refractivity contribution >= 4 is 0 Å². The standard InChI is InChI=1S/C15H21N3/c1-12(2)18-15(13-7-5-4-6-8-13)14(11-17-18)9-10-16-3/h4-8,11-12,16H,9-10H2,1-3H3. The number of benzene rings is 1. The smallest absolute Gasteiger partial charge is 0.0717 e. The molecule has 3 nitrogen and oxygen atoms in total. The average Bonchev–Trinajstić information content (AvgIpc) is 2.81. The Morgan fingerprint density at radius 2 is 1.94 bits per heavy atom. The molecule has 1 aromatic carbocycles. The molecular formula is C15H21N3. The van der Waals surface area contributed by atoms with E-state index in [9.17, 15) is 0 Å². The van der Waals surface area contributed by atoms with E-state index >= 15 is 0 Å². The van der Waals surface area contributed by atoms with Crippen molar-refractivity contribution in [1.82, 2.24) is 15.1 Å². The Morgan fingerprint density at radius 3 is 2.56 bits per heavy atom. The van der Waals surface area contributed by atoms with Gasteiger partial charge in [0.2, 0.25) is 0 Å². The number of aromatic nitrogens is 2. The van der Waals surface area contributed by atoms with Gasteiger partial charge < -0.3 is 5.32 Å². The van der Waals surface area contributed by atoms with E-state index in [-0.39, 0.29) is 0 Å². The second-order valence-electron chi connectivity index (χ2n) is 4.78. The molecule has 0 bridgehead atoms. The minimum atomic E-state index is 0.378. The van der Waals surface area contributed by atoms with E-state index in [2.05, 4.69) is 53.2 Å². The summed E-state index contributed by atoms with van der Waals surface area (Å²) in [7, 11) is 1.98. The van der Waals surface area contributed by atoms with Crippen molar-refractivity contribution in [3.05, 3.63) is 42.1 Å². The molecule has 1 aromatic heterocycles. The summed E-state index contributed by atoms with van der Waals surface area (Å²) in [4.78, 5) is 0. The zero-order valence-electron chi connectivity index (χ0n) is 11.4. The summed E-state index contributed by atoms with van der Waals surface area (Å²) < 4.78 is 2.11. The molecule has 0 radical (unpaired) electrons. The summed E-state index contributed by atoms with van der Waals surface area (Å²) >= 11 is 0. The Morgan fingerprint density at radius 1 is 1.22 bits per heavy atom. The second kappa shape index (κ2) is 5.83. The molecule has 0 amide bonds. The number of nitrogens with one attached hydrogen (secondary N) is 1. The monoisotopic (exact) mass is 243 g/mol. The summed E-state index contributed by atoms with van der Waals surface area (Å²) in [6.45, 7) is 5.31. The molecule has 0 saturated heterocycles. The van der Waals surface area contributed by atoms with Crippen LogP contribution in [0.3, 0.4) is 0 Å². The van der Waals surface area contributed by atoms with E-state index in [1.807, 2.05) is 19.3 Å². The molecule has 18 heavy (non-hydrogen) atoms. The predicted octanol–water partition coefficient (Wildman–Crippen LogP) is 2.89. The van der Waals surface area contributed by atoms with Crippen LogP contribution in [-0.4, -0.2) is 23.4 Å². The predicted molar refractivity (Wildman–Crippen MR) is 75.7 cm³/mol. The number of likely N-dealkylation sites (N-methyl/N-ethyl adjacent to an activating group) is 1. The van der Waals surface area contributed by atoms with Gasteiger partial charge in [-0.15, -0.1) is 0 Å². The molecule has 0 aliphatic rings. The van der Waals surface area contributed by atoms with Crippen molar-refractivity contribution in [2.45, 2.75) is 26.3 Å². The first-order valence-corrected chi connectivity index (χ1v) is 6.50. The number of nitrogens with zero attached hydrogens (tertiary/aromatic N) is 2. The lowest BCUT2D eigenvalue weighted by Gasteiger charge is -2.13. The molecule has 3 heteroatoms. The topological polar surface area (TPSA) is 29.9 Å². The average molecular weight is 243 g/mol. The lowest BCUT2D eigenvalue weighted by Crippen LogP contribution is -2.11. The van der Waals surface area contributed by atoms with Crippen LogP contribution in [0, 0.1) is 0 Å². The Labute approximate surface area is 109 Å². The van der Waals surface area contributed by atoms with Crippen molar-refractivity contribution < 1.29 is 0 Å². The lowest BCUT2D eigenvalue weighted by atomic mass is 10.1. The van der Waals surface area contributed by atoms with Crippen molar-refractivity contribution in [2.24, 2.45) is 0 Å². The van der Waals surface area contributed by atoms with E-state index in [4.69, 9.17) is 0 Å². The quantitative estimate of drug-likeness (QED) is 0.875. The van der Waals surface area contributed by atoms with Gasteiger partial charge in [-0.3, -0.25) is 4.68 Å². The van der Waals surface area contributed by atoms with Crippen LogP contribution in [0.1, 0.15) is 25.5 Å². The maximum absolute atomic E-state index is 4.53. The minimum absolute atomic E-state index is 0.378. The Hall–Kier alpha value is -1.61. The first-order valence-electron chi connectivity index (χ1n) is 6.50. The van der Waals surface area contributed by atoms with Crippen molar-refractivity contribution in [1.29, 1.82) is 0 Å². The van der Waals surface area contributed by atoms with Gasteiger partial charge in [0.25, 0.3) is 0 Å². The van der Waals surface area contributed by atoms with Crippen LogP contribution in [0.2, 0.25) is 0 Å². The maximum Gasteiger partial charge on any atom is 0.0717 e. The van der Waals surface area contributed by atoms with Crippen LogP contribution >= 0.6 is 0 Å². The third kappa shape index (κ3) is 2.62. The Kier molecular flexibility index (Phi) is 4.15. The molecule has 0 aliphatic carbocycles. The SMILES string of the molecule is CNCCc1cnn(C(C)C)c1-c1ccccc1. The molecule has 0 unspecified atom stereocenters. The number of rotatable bonds is 5. The van der Waals surface area contributed by atoms with Crippen molar-refractivity contribution in [2.75, 3.05) is 13.6 Å². The Bertz CT molecular complexity index is 486. The normalized spacial score (nSPS) is 11.1. The van der Waals surface area contributed by atoms with Gasteiger partial charge in [-0.2, -0.15) is 5.10 Å². The van der Waals surface area contributed by atoms with Gasteiger partial charge in [-0.05, 0) is 39.4 Å². The second-order valence-corrected chi connectivity index (χ2v) is 4.78. The molecular weight excluding hydrogens is 222 g/mol. The van der Waals surface area contributed by atoms with Gasteiger partial charge in [-0.1, -0.05) is 30.3 Å². The third-order valence-corrected chi connectivity index (χ3v) is 3.05. The largest absolute Gasteiger partial charge is 0.319 e. The van der Waals surface area contributed by atoms with Crippen molar-refractivity contribution in [3.8, 4) is 11.3 Å². The van der Waals surface area contributed by atoms with Crippen molar-refractivity contribution in [3.63, 3.8) is 0 Å². The van der Waals surface area contributed by atoms with Crippen LogP contribution in [0.5, 0.6) is 0 Å². The van der Waals surface area contributed by atoms with Crippen LogP contribution in [0.4, 0.5) is 0 Å². The number of hydrogen-bond acceptors (Lipinski definition) is 2. The molecule has 0 fully saturated rings. The molecule has 1 N–H and O–H groups in total. The van der Waals surface area contributed by atoms with E-state index < -0.39 is 0 Å². The summed E-state index contributed by atoms with van der Waals surface area (Å²) in [6.07, 6.45) is 3.01. The summed E-state index contributed by atoms with van der Waals surface area (Å²) in [5.41, 5.74) is 3.81. The van der Waals surface area contributed by atoms with Crippen LogP contribution in [-0.2, 0) is 6.42 Å². The lowest BCUT2D eigenvalue weighted by molar-refractivity contribution is 0.538. The molecule has 0 aliphatic heterocycles. The zero-order chi connectivity index (χ0) is 13.0. The molecule has 2 aromatic rings. The van der Waals surface area contributed by atoms with E-state index in [1.54, 1.807) is 0 Å². The fraction of sp³-hybridized carbons (Fsp3) is 0.400. The fourth-order valence-corrected chi connectivity index (χ4v) is 2.15. The zero-order valence-corrected chi connectivity index (χ0v) is 11.4. The van der Waals surface area contributed by atoms with Gasteiger partial charge in [0.05, 0.1) is 11.9 Å². The first-order chi connectivity index (χ1) is 8.74. The van der Waals surface area contributed by atoms with E-state index in [0.29, 0.717) is 6.04 Å². The highest BCUT2D eigenvalue weighted by Crippen LogP contribution is 2.26. The molecule has 0 saturated carbocycles. The highest BCUT2D eigenvalue weighted by atomic mass is 15.3. The number of hydrogen-bond donors (Lipinski definition) is 1. The molecule has 0 atom stereocenters. The summed E-state index contributed by atoms with van der Waals surface area (Å²) in [5.74, 6) is 0. The molecule has 96 valence electrons. The van der Waals surface area contributed by atoms with Gasteiger partial charge in [0, 0.05) is 11.6 Å². The molecule has 2 rings (SSSR count). The van der Waals surface area contributed by atoms with Gasteiger partial charge in [0.1, 0.15) is 0 Å². The maximum atomic E-state index is 4.53.